The van der Waals surface area contributed by atoms with Crippen LogP contribution in [0.3, 0.4) is 0 Å². The van der Waals surface area contributed by atoms with Gasteiger partial charge < -0.3 is 0 Å². The summed E-state index contributed by atoms with van der Waals surface area (Å²) in [6, 6.07) is 6.88. The van der Waals surface area contributed by atoms with E-state index in [0.29, 0.717) is 0 Å². The minimum absolute atomic E-state index is 1.19. The van der Waals surface area contributed by atoms with Crippen LogP contribution in [0.2, 0.25) is 39.3 Å². The summed E-state index contributed by atoms with van der Waals surface area (Å²) in [5.41, 5.74) is 0. The van der Waals surface area contributed by atoms with E-state index in [1.807, 2.05) is 0 Å². The molecule has 3 heteroatoms. The van der Waals surface area contributed by atoms with Gasteiger partial charge in [0.15, 0.2) is 0 Å². The molecule has 0 spiro atoms. The zero-order valence-electron chi connectivity index (χ0n) is 10.8. The van der Waals surface area contributed by atoms with Crippen molar-refractivity contribution in [2.24, 2.45) is 0 Å². The van der Waals surface area contributed by atoms with Gasteiger partial charge in [0.25, 0.3) is 0 Å². The van der Waals surface area contributed by atoms with Gasteiger partial charge in [0.05, 0.1) is 16.1 Å². The van der Waals surface area contributed by atoms with Crippen LogP contribution in [0.1, 0.15) is 0 Å². The molecular formula is C12H23PSi2. The van der Waals surface area contributed by atoms with Gasteiger partial charge in [-0.15, -0.1) is 9.24 Å². The van der Waals surface area contributed by atoms with E-state index in [2.05, 4.69) is 66.7 Å². The van der Waals surface area contributed by atoms with E-state index in [0.717, 1.165) is 0 Å². The highest BCUT2D eigenvalue weighted by molar-refractivity contribution is 7.31. The Kier molecular flexibility index (Phi) is 3.64. The molecule has 0 N–H and O–H groups in total. The molecule has 15 heavy (non-hydrogen) atoms. The van der Waals surface area contributed by atoms with Crippen LogP contribution in [-0.4, -0.2) is 16.1 Å². The van der Waals surface area contributed by atoms with E-state index >= 15 is 0 Å². The molecule has 1 unspecified atom stereocenters. The molecule has 1 atom stereocenters. The van der Waals surface area contributed by atoms with Gasteiger partial charge in [0.1, 0.15) is 0 Å². The zero-order valence-corrected chi connectivity index (χ0v) is 14.0. The SMILES string of the molecule is C[Si](C)(C)c1cccc([Si](C)(C)C)c1P. The first-order chi connectivity index (χ1) is 6.64. The molecular weight excluding hydrogens is 231 g/mol. The van der Waals surface area contributed by atoms with E-state index < -0.39 is 16.1 Å². The second kappa shape index (κ2) is 4.16. The first-order valence-corrected chi connectivity index (χ1v) is 13.1. The average molecular weight is 254 g/mol. The fourth-order valence-corrected chi connectivity index (χ4v) is 7.87. The molecule has 0 bridgehead atoms. The number of benzene rings is 1. The van der Waals surface area contributed by atoms with Crippen LogP contribution in [0.25, 0.3) is 0 Å². The Labute approximate surface area is 98.7 Å². The fourth-order valence-electron chi connectivity index (χ4n) is 1.87. The summed E-state index contributed by atoms with van der Waals surface area (Å²) in [6.07, 6.45) is 0. The second-order valence-corrected chi connectivity index (χ2v) is 16.9. The highest BCUT2D eigenvalue weighted by Gasteiger charge is 2.24. The molecule has 84 valence electrons. The molecule has 1 aromatic carbocycles. The molecule has 0 aromatic heterocycles. The monoisotopic (exact) mass is 254 g/mol. The fraction of sp³-hybridized carbons (Fsp3) is 0.500. The Morgan fingerprint density at radius 2 is 1.13 bits per heavy atom. The van der Waals surface area contributed by atoms with Gasteiger partial charge in [0, 0.05) is 0 Å². The van der Waals surface area contributed by atoms with Gasteiger partial charge in [-0.1, -0.05) is 67.9 Å². The molecule has 0 heterocycles. The number of hydrogen-bond donors (Lipinski definition) is 0. The summed E-state index contributed by atoms with van der Waals surface area (Å²) in [7, 11) is 0.615. The van der Waals surface area contributed by atoms with Crippen LogP contribution in [-0.2, 0) is 0 Å². The van der Waals surface area contributed by atoms with Crippen LogP contribution < -0.4 is 15.7 Å². The standard InChI is InChI=1S/C12H23PSi2/c1-14(2,3)10-8-7-9-11(12(10)13)15(4,5)6/h7-9H,13H2,1-6H3. The van der Waals surface area contributed by atoms with Crippen molar-refractivity contribution in [3.05, 3.63) is 18.2 Å². The first-order valence-electron chi connectivity index (χ1n) is 5.53. The summed E-state index contributed by atoms with van der Waals surface area (Å²) >= 11 is 0. The Bertz CT molecular complexity index is 327. The Hall–Kier alpha value is 0.0838. The van der Waals surface area contributed by atoms with Gasteiger partial charge >= 0.3 is 0 Å². The molecule has 1 aromatic rings. The topological polar surface area (TPSA) is 0 Å². The summed E-state index contributed by atoms with van der Waals surface area (Å²) < 4.78 is 0. The normalized spacial score (nSPS) is 13.0. The predicted molar refractivity (Wildman–Crippen MR) is 81.7 cm³/mol. The number of rotatable bonds is 2. The highest BCUT2D eigenvalue weighted by atomic mass is 31.0. The largest absolute Gasteiger partial charge is 0.106 e. The lowest BCUT2D eigenvalue weighted by atomic mass is 10.3. The maximum absolute atomic E-state index is 2.99. The summed E-state index contributed by atoms with van der Waals surface area (Å²) in [5.74, 6) is 0. The maximum Gasteiger partial charge on any atom is 0.0784 e. The molecule has 0 fully saturated rings. The van der Waals surface area contributed by atoms with Crippen molar-refractivity contribution < 1.29 is 0 Å². The third-order valence-corrected chi connectivity index (χ3v) is 8.03. The molecule has 0 aliphatic heterocycles. The van der Waals surface area contributed by atoms with Gasteiger partial charge in [-0.2, -0.15) is 0 Å². The van der Waals surface area contributed by atoms with Gasteiger partial charge in [-0.25, -0.2) is 0 Å². The molecule has 0 aliphatic rings. The average Bonchev–Trinajstić information content (AvgIpc) is 1.99. The second-order valence-electron chi connectivity index (χ2n) is 6.27. The predicted octanol–water partition coefficient (Wildman–Crippen LogP) is 2.28. The zero-order chi connectivity index (χ0) is 11.9. The van der Waals surface area contributed by atoms with Crippen molar-refractivity contribution in [1.29, 1.82) is 0 Å². The summed E-state index contributed by atoms with van der Waals surface area (Å²) in [5, 5.41) is 4.70. The van der Waals surface area contributed by atoms with Gasteiger partial charge in [-0.05, 0) is 5.30 Å². The van der Waals surface area contributed by atoms with Crippen LogP contribution in [0.5, 0.6) is 0 Å². The van der Waals surface area contributed by atoms with Crippen molar-refractivity contribution in [1.82, 2.24) is 0 Å². The quantitative estimate of drug-likeness (QED) is 0.561. The van der Waals surface area contributed by atoms with Gasteiger partial charge in [0.2, 0.25) is 0 Å². The first kappa shape index (κ1) is 13.2. The molecule has 1 rings (SSSR count). The van der Waals surface area contributed by atoms with E-state index in [1.54, 1.807) is 10.4 Å². The van der Waals surface area contributed by atoms with E-state index in [-0.39, 0.29) is 0 Å². The van der Waals surface area contributed by atoms with Crippen LogP contribution >= 0.6 is 9.24 Å². The van der Waals surface area contributed by atoms with Crippen molar-refractivity contribution in [2.75, 3.05) is 0 Å². The molecule has 0 saturated heterocycles. The maximum atomic E-state index is 2.99. The highest BCUT2D eigenvalue weighted by Crippen LogP contribution is 2.06. The third-order valence-electron chi connectivity index (χ3n) is 2.72. The Morgan fingerprint density at radius 1 is 0.800 bits per heavy atom. The van der Waals surface area contributed by atoms with Crippen molar-refractivity contribution in [2.45, 2.75) is 39.3 Å². The Morgan fingerprint density at radius 3 is 1.40 bits per heavy atom. The molecule has 0 radical (unpaired) electrons. The minimum atomic E-state index is -1.19. The summed E-state index contributed by atoms with van der Waals surface area (Å²) in [4.78, 5) is 0. The molecule has 0 saturated carbocycles. The lowest BCUT2D eigenvalue weighted by Gasteiger charge is -2.26. The minimum Gasteiger partial charge on any atom is -0.106 e. The smallest absolute Gasteiger partial charge is 0.0784 e. The molecule has 0 nitrogen and oxygen atoms in total. The van der Waals surface area contributed by atoms with Crippen molar-refractivity contribution >= 4 is 41.1 Å². The lowest BCUT2D eigenvalue weighted by Crippen LogP contribution is -2.55. The summed E-state index contributed by atoms with van der Waals surface area (Å²) in [6.45, 7) is 14.5. The molecule has 0 aliphatic carbocycles. The van der Waals surface area contributed by atoms with Crippen LogP contribution in [0, 0.1) is 0 Å². The van der Waals surface area contributed by atoms with E-state index in [9.17, 15) is 0 Å². The molecule has 0 amide bonds. The Balaban J connectivity index is 3.37. The van der Waals surface area contributed by atoms with Gasteiger partial charge in [-0.3, -0.25) is 0 Å². The third kappa shape index (κ3) is 3.02. The van der Waals surface area contributed by atoms with Crippen molar-refractivity contribution in [3.63, 3.8) is 0 Å². The lowest BCUT2D eigenvalue weighted by molar-refractivity contribution is 1.70. The van der Waals surface area contributed by atoms with Crippen molar-refractivity contribution in [3.8, 4) is 0 Å². The van der Waals surface area contributed by atoms with Crippen LogP contribution in [0.15, 0.2) is 18.2 Å². The van der Waals surface area contributed by atoms with Crippen LogP contribution in [0.4, 0.5) is 0 Å². The van der Waals surface area contributed by atoms with E-state index in [1.165, 1.54) is 5.30 Å². The number of hydrogen-bond acceptors (Lipinski definition) is 0. The van der Waals surface area contributed by atoms with E-state index in [4.69, 9.17) is 0 Å².